The molecule has 4 nitrogen and oxygen atoms in total. The smallest absolute Gasteiger partial charge is 0.301 e. The Morgan fingerprint density at radius 2 is 2.00 bits per heavy atom. The Kier molecular flexibility index (Phi) is 3.07. The third-order valence-electron chi connectivity index (χ3n) is 3.53. The van der Waals surface area contributed by atoms with Crippen LogP contribution < -0.4 is 5.56 Å². The number of halogens is 3. The maximum atomic E-state index is 12.8. The van der Waals surface area contributed by atoms with E-state index in [1.54, 1.807) is 0 Å². The summed E-state index contributed by atoms with van der Waals surface area (Å²) in [4.78, 5) is 22.7. The van der Waals surface area contributed by atoms with Crippen molar-refractivity contribution in [2.24, 2.45) is 0 Å². The lowest BCUT2D eigenvalue weighted by Gasteiger charge is -2.11. The largest absolute Gasteiger partial charge is 0.416 e. The van der Waals surface area contributed by atoms with Gasteiger partial charge in [0.1, 0.15) is 12.8 Å². The third-order valence-corrected chi connectivity index (χ3v) is 3.53. The minimum absolute atomic E-state index is 0.0643. The molecule has 1 aromatic heterocycles. The predicted molar refractivity (Wildman–Crippen MR) is 69.0 cm³/mol. The lowest BCUT2D eigenvalue weighted by atomic mass is 10.0. The van der Waals surface area contributed by atoms with E-state index in [0.717, 1.165) is 35.7 Å². The van der Waals surface area contributed by atoms with E-state index in [1.807, 2.05) is 0 Å². The van der Waals surface area contributed by atoms with Crippen LogP contribution in [0.15, 0.2) is 23.0 Å². The van der Waals surface area contributed by atoms with Gasteiger partial charge in [-0.05, 0) is 31.0 Å². The first-order chi connectivity index (χ1) is 9.91. The van der Waals surface area contributed by atoms with E-state index in [9.17, 15) is 22.8 Å². The van der Waals surface area contributed by atoms with Gasteiger partial charge in [-0.3, -0.25) is 4.79 Å². The summed E-state index contributed by atoms with van der Waals surface area (Å²) in [6.45, 7) is -0.199. The number of alkyl halides is 3. The molecule has 0 saturated heterocycles. The highest BCUT2D eigenvalue weighted by atomic mass is 19.4. The zero-order chi connectivity index (χ0) is 15.2. The predicted octanol–water partition coefficient (Wildman–Crippen LogP) is 2.49. The number of hydrogen-bond donors (Lipinski definition) is 0. The Bertz CT molecular complexity index is 776. The van der Waals surface area contributed by atoms with Crippen LogP contribution >= 0.6 is 0 Å². The summed E-state index contributed by atoms with van der Waals surface area (Å²) in [6, 6.07) is 3.02. The van der Waals surface area contributed by atoms with Crippen molar-refractivity contribution >= 4 is 17.1 Å². The molecule has 3 rings (SSSR count). The topological polar surface area (TPSA) is 52.0 Å². The first-order valence-electron chi connectivity index (χ1n) is 6.47. The average Bonchev–Trinajstić information content (AvgIpc) is 3.25. The second-order valence-electron chi connectivity index (χ2n) is 5.07. The number of carbonyl (C=O) groups excluding carboxylic acids is 1. The summed E-state index contributed by atoms with van der Waals surface area (Å²) in [5.74, 6) is 0.0643. The fourth-order valence-electron chi connectivity index (χ4n) is 2.34. The summed E-state index contributed by atoms with van der Waals surface area (Å²) < 4.78 is 39.5. The van der Waals surface area contributed by atoms with Gasteiger partial charge in [0, 0.05) is 11.3 Å². The van der Waals surface area contributed by atoms with Crippen molar-refractivity contribution in [2.75, 3.05) is 0 Å². The summed E-state index contributed by atoms with van der Waals surface area (Å²) in [5.41, 5.74) is -0.876. The highest BCUT2D eigenvalue weighted by Crippen LogP contribution is 2.42. The van der Waals surface area contributed by atoms with Crippen LogP contribution in [0.4, 0.5) is 13.2 Å². The molecule has 1 heterocycles. The summed E-state index contributed by atoms with van der Waals surface area (Å²) in [6.07, 6.45) is -2.26. The molecule has 0 bridgehead atoms. The average molecular weight is 296 g/mol. The Hall–Kier alpha value is -2.18. The van der Waals surface area contributed by atoms with Gasteiger partial charge in [-0.1, -0.05) is 0 Å². The maximum absolute atomic E-state index is 12.8. The molecule has 1 aromatic carbocycles. The lowest BCUT2D eigenvalue weighted by molar-refractivity contribution is -0.137. The fourth-order valence-corrected chi connectivity index (χ4v) is 2.34. The van der Waals surface area contributed by atoms with Crippen molar-refractivity contribution in [3.63, 3.8) is 0 Å². The van der Waals surface area contributed by atoms with Crippen LogP contribution in [-0.4, -0.2) is 16.1 Å². The summed E-state index contributed by atoms with van der Waals surface area (Å²) in [7, 11) is 0. The number of benzene rings is 1. The number of rotatable bonds is 3. The molecule has 0 radical (unpaired) electrons. The monoisotopic (exact) mass is 296 g/mol. The molecule has 1 fully saturated rings. The first-order valence-corrected chi connectivity index (χ1v) is 6.47. The van der Waals surface area contributed by atoms with Crippen LogP contribution in [0.1, 0.15) is 30.0 Å². The van der Waals surface area contributed by atoms with Gasteiger partial charge in [0.05, 0.1) is 16.6 Å². The molecule has 0 N–H and O–H groups in total. The number of fused-ring (bicyclic) bond motifs is 1. The summed E-state index contributed by atoms with van der Waals surface area (Å²) in [5, 5.41) is 4.48. The zero-order valence-electron chi connectivity index (χ0n) is 10.9. The van der Waals surface area contributed by atoms with Crippen molar-refractivity contribution in [3.05, 3.63) is 39.8 Å². The van der Waals surface area contributed by atoms with Gasteiger partial charge in [0.2, 0.25) is 0 Å². The molecular weight excluding hydrogens is 285 g/mol. The molecule has 0 atom stereocenters. The van der Waals surface area contributed by atoms with Crippen LogP contribution in [0.25, 0.3) is 10.8 Å². The molecule has 1 aliphatic rings. The van der Waals surface area contributed by atoms with Gasteiger partial charge in [-0.15, -0.1) is 0 Å². The van der Waals surface area contributed by atoms with Gasteiger partial charge < -0.3 is 4.79 Å². The molecule has 2 aromatic rings. The first kappa shape index (κ1) is 13.8. The minimum atomic E-state index is -4.47. The van der Waals surface area contributed by atoms with Crippen LogP contribution in [-0.2, 0) is 17.5 Å². The third kappa shape index (κ3) is 2.43. The molecule has 0 unspecified atom stereocenters. The molecule has 21 heavy (non-hydrogen) atoms. The number of nitrogens with zero attached hydrogens (tertiary/aromatic N) is 2. The molecule has 1 aliphatic carbocycles. The molecule has 0 amide bonds. The quantitative estimate of drug-likeness (QED) is 0.818. The zero-order valence-corrected chi connectivity index (χ0v) is 10.9. The van der Waals surface area contributed by atoms with E-state index in [1.165, 1.54) is 0 Å². The van der Waals surface area contributed by atoms with Crippen LogP contribution in [0.2, 0.25) is 0 Å². The van der Waals surface area contributed by atoms with E-state index in [-0.39, 0.29) is 23.2 Å². The van der Waals surface area contributed by atoms with E-state index in [2.05, 4.69) is 5.10 Å². The fraction of sp³-hybridized carbons (Fsp3) is 0.357. The normalized spacial score (nSPS) is 15.4. The molecule has 110 valence electrons. The Morgan fingerprint density at radius 3 is 2.57 bits per heavy atom. The van der Waals surface area contributed by atoms with Gasteiger partial charge in [0.25, 0.3) is 5.56 Å². The van der Waals surface area contributed by atoms with Crippen molar-refractivity contribution in [1.82, 2.24) is 9.78 Å². The van der Waals surface area contributed by atoms with E-state index >= 15 is 0 Å². The van der Waals surface area contributed by atoms with Crippen molar-refractivity contribution in [3.8, 4) is 0 Å². The highest BCUT2D eigenvalue weighted by molar-refractivity contribution is 5.85. The molecule has 0 spiro atoms. The van der Waals surface area contributed by atoms with Gasteiger partial charge in [-0.2, -0.15) is 18.3 Å². The van der Waals surface area contributed by atoms with Crippen LogP contribution in [0, 0.1) is 0 Å². The molecule has 0 aliphatic heterocycles. The second kappa shape index (κ2) is 4.68. The van der Waals surface area contributed by atoms with E-state index in [4.69, 9.17) is 0 Å². The molecule has 7 heteroatoms. The SMILES string of the molecule is O=CCn1nc(C2CC2)c2cc(C(F)(F)F)ccc2c1=O. The minimum Gasteiger partial charge on any atom is -0.301 e. The van der Waals surface area contributed by atoms with Crippen molar-refractivity contribution in [1.29, 1.82) is 0 Å². The Balaban J connectivity index is 2.30. The number of aldehydes is 1. The number of carbonyl (C=O) groups is 1. The van der Waals surface area contributed by atoms with E-state index < -0.39 is 17.3 Å². The molecular formula is C14H11F3N2O2. The number of aromatic nitrogens is 2. The van der Waals surface area contributed by atoms with Crippen molar-refractivity contribution < 1.29 is 18.0 Å². The summed E-state index contributed by atoms with van der Waals surface area (Å²) >= 11 is 0. The molecule has 1 saturated carbocycles. The second-order valence-corrected chi connectivity index (χ2v) is 5.07. The van der Waals surface area contributed by atoms with Gasteiger partial charge in [-0.25, -0.2) is 4.68 Å². The Labute approximate surface area is 117 Å². The lowest BCUT2D eigenvalue weighted by Crippen LogP contribution is -2.25. The van der Waals surface area contributed by atoms with Crippen molar-refractivity contribution in [2.45, 2.75) is 31.5 Å². The van der Waals surface area contributed by atoms with Crippen LogP contribution in [0.3, 0.4) is 0 Å². The maximum Gasteiger partial charge on any atom is 0.416 e. The van der Waals surface area contributed by atoms with Crippen LogP contribution in [0.5, 0.6) is 0 Å². The highest BCUT2D eigenvalue weighted by Gasteiger charge is 2.33. The standard InChI is InChI=1S/C14H11F3N2O2/c15-14(16,17)9-3-4-10-11(7-9)12(8-1-2-8)18-19(5-6-20)13(10)21/h3-4,6-8H,1-2,5H2. The van der Waals surface area contributed by atoms with Gasteiger partial charge in [0.15, 0.2) is 0 Å². The number of hydrogen-bond acceptors (Lipinski definition) is 3. The van der Waals surface area contributed by atoms with E-state index in [0.29, 0.717) is 12.0 Å². The Morgan fingerprint density at radius 1 is 1.29 bits per heavy atom. The van der Waals surface area contributed by atoms with Gasteiger partial charge >= 0.3 is 6.18 Å².